The summed E-state index contributed by atoms with van der Waals surface area (Å²) in [6.45, 7) is 6.10. The Bertz CT molecular complexity index is 514. The summed E-state index contributed by atoms with van der Waals surface area (Å²) in [5.41, 5.74) is 2.54. The highest BCUT2D eigenvalue weighted by atomic mass is 79.9. The number of hydrogen-bond donors (Lipinski definition) is 0. The minimum Gasteiger partial charge on any atom is -0.490 e. The van der Waals surface area contributed by atoms with Crippen LogP contribution in [0.3, 0.4) is 0 Å². The maximum absolute atomic E-state index is 6.20. The molecule has 0 spiro atoms. The highest BCUT2D eigenvalue weighted by Gasteiger charge is 2.12. The van der Waals surface area contributed by atoms with Crippen LogP contribution in [-0.2, 0) is 10.7 Å². The van der Waals surface area contributed by atoms with Crippen molar-refractivity contribution in [3.05, 3.63) is 23.3 Å². The summed E-state index contributed by atoms with van der Waals surface area (Å²) in [6, 6.07) is 4.33. The minimum atomic E-state index is 0.776. The summed E-state index contributed by atoms with van der Waals surface area (Å²) >= 11 is 7.24. The lowest BCUT2D eigenvalue weighted by atomic mass is 10.1. The molecule has 0 heterocycles. The molecular weight excluding hydrogens is 528 g/mol. The van der Waals surface area contributed by atoms with Gasteiger partial charge in [-0.3, -0.25) is 0 Å². The second kappa shape index (κ2) is 21.3. The first-order valence-corrected chi connectivity index (χ1v) is 15.5. The third-order valence-electron chi connectivity index (χ3n) is 6.06. The van der Waals surface area contributed by atoms with Crippen molar-refractivity contribution >= 4 is 31.9 Å². The summed E-state index contributed by atoms with van der Waals surface area (Å²) in [4.78, 5) is 0. The molecule has 0 amide bonds. The lowest BCUT2D eigenvalue weighted by Gasteiger charge is -2.16. The predicted molar refractivity (Wildman–Crippen MR) is 148 cm³/mol. The van der Waals surface area contributed by atoms with Gasteiger partial charge in [0.2, 0.25) is 0 Å². The molecule has 0 fully saturated rings. The Labute approximate surface area is 215 Å². The Morgan fingerprint density at radius 2 is 0.812 bits per heavy atom. The average Bonchev–Trinajstić information content (AvgIpc) is 2.82. The third kappa shape index (κ3) is 14.1. The molecular formula is C28H48Br2O2. The van der Waals surface area contributed by atoms with Crippen molar-refractivity contribution in [3.63, 3.8) is 0 Å². The fourth-order valence-corrected chi connectivity index (χ4v) is 5.00. The van der Waals surface area contributed by atoms with Crippen molar-refractivity contribution in [2.45, 2.75) is 127 Å². The van der Waals surface area contributed by atoms with E-state index in [4.69, 9.17) is 9.47 Å². The van der Waals surface area contributed by atoms with E-state index in [1.54, 1.807) is 0 Å². The smallest absolute Gasteiger partial charge is 0.161 e. The van der Waals surface area contributed by atoms with E-state index in [2.05, 4.69) is 57.8 Å². The predicted octanol–water partition coefficient (Wildman–Crippen LogP) is 10.5. The highest BCUT2D eigenvalue weighted by Crippen LogP contribution is 2.33. The molecule has 0 aromatic heterocycles. The number of rotatable bonds is 22. The Hall–Kier alpha value is -0.220. The summed E-state index contributed by atoms with van der Waals surface area (Å²) < 4.78 is 12.4. The zero-order valence-electron chi connectivity index (χ0n) is 20.9. The molecule has 2 nitrogen and oxygen atoms in total. The number of halogens is 2. The Morgan fingerprint density at radius 1 is 0.500 bits per heavy atom. The second-order valence-electron chi connectivity index (χ2n) is 8.98. The molecule has 1 rings (SSSR count). The third-order valence-corrected chi connectivity index (χ3v) is 7.27. The van der Waals surface area contributed by atoms with Crippen molar-refractivity contribution in [1.29, 1.82) is 0 Å². The van der Waals surface area contributed by atoms with Gasteiger partial charge in [-0.25, -0.2) is 0 Å². The molecule has 0 bridgehead atoms. The summed E-state index contributed by atoms with van der Waals surface area (Å²) in [6.07, 6.45) is 21.1. The number of unbranched alkanes of at least 4 members (excludes halogenated alkanes) is 14. The Morgan fingerprint density at radius 3 is 1.12 bits per heavy atom. The molecule has 4 heteroatoms. The van der Waals surface area contributed by atoms with Crippen LogP contribution in [0.4, 0.5) is 0 Å². The standard InChI is InChI=1S/C28H48Br2O2/c1-3-5-7-9-11-13-15-17-19-31-27-21-25(23-29)26(24-30)22-28(27)32-20-18-16-14-12-10-8-6-4-2/h21-22H,3-20,23-24H2,1-2H3. The van der Waals surface area contributed by atoms with Gasteiger partial charge in [0, 0.05) is 10.7 Å². The minimum absolute atomic E-state index is 0.776. The van der Waals surface area contributed by atoms with Gasteiger partial charge in [-0.1, -0.05) is 136 Å². The number of ether oxygens (including phenoxy) is 2. The van der Waals surface area contributed by atoms with Crippen LogP contribution in [0.5, 0.6) is 11.5 Å². The molecule has 0 unspecified atom stereocenters. The van der Waals surface area contributed by atoms with Gasteiger partial charge >= 0.3 is 0 Å². The maximum atomic E-state index is 6.20. The van der Waals surface area contributed by atoms with Gasteiger partial charge in [0.15, 0.2) is 11.5 Å². The molecule has 32 heavy (non-hydrogen) atoms. The lowest BCUT2D eigenvalue weighted by Crippen LogP contribution is -2.04. The van der Waals surface area contributed by atoms with Crippen LogP contribution >= 0.6 is 31.9 Å². The van der Waals surface area contributed by atoms with E-state index in [1.807, 2.05) is 0 Å². The van der Waals surface area contributed by atoms with Crippen molar-refractivity contribution in [2.75, 3.05) is 13.2 Å². The van der Waals surface area contributed by atoms with Crippen molar-refractivity contribution in [2.24, 2.45) is 0 Å². The van der Waals surface area contributed by atoms with Gasteiger partial charge in [0.1, 0.15) is 0 Å². The van der Waals surface area contributed by atoms with Crippen molar-refractivity contribution in [3.8, 4) is 11.5 Å². The average molecular weight is 576 g/mol. The monoisotopic (exact) mass is 574 g/mol. The maximum Gasteiger partial charge on any atom is 0.161 e. The van der Waals surface area contributed by atoms with Crippen LogP contribution in [0.1, 0.15) is 128 Å². The van der Waals surface area contributed by atoms with E-state index < -0.39 is 0 Å². The zero-order chi connectivity index (χ0) is 23.3. The molecule has 0 aliphatic carbocycles. The Balaban J connectivity index is 2.39. The van der Waals surface area contributed by atoms with Gasteiger partial charge < -0.3 is 9.47 Å². The molecule has 0 aliphatic heterocycles. The highest BCUT2D eigenvalue weighted by molar-refractivity contribution is 9.09. The SMILES string of the molecule is CCCCCCCCCCOc1cc(CBr)c(CBr)cc1OCCCCCCCCCC. The molecule has 0 saturated carbocycles. The summed E-state index contributed by atoms with van der Waals surface area (Å²) in [7, 11) is 0. The molecule has 1 aromatic carbocycles. The van der Waals surface area contributed by atoms with Gasteiger partial charge in [-0.15, -0.1) is 0 Å². The quantitative estimate of drug-likeness (QED) is 0.101. The van der Waals surface area contributed by atoms with E-state index in [1.165, 1.54) is 101 Å². The van der Waals surface area contributed by atoms with E-state index in [0.717, 1.165) is 48.2 Å². The molecule has 186 valence electrons. The van der Waals surface area contributed by atoms with Crippen LogP contribution in [-0.4, -0.2) is 13.2 Å². The lowest BCUT2D eigenvalue weighted by molar-refractivity contribution is 0.258. The first-order chi connectivity index (χ1) is 15.8. The van der Waals surface area contributed by atoms with Gasteiger partial charge in [-0.05, 0) is 36.1 Å². The van der Waals surface area contributed by atoms with Crippen LogP contribution in [0.2, 0.25) is 0 Å². The van der Waals surface area contributed by atoms with Crippen LogP contribution < -0.4 is 9.47 Å². The van der Waals surface area contributed by atoms with E-state index >= 15 is 0 Å². The Kier molecular flexibility index (Phi) is 19.9. The van der Waals surface area contributed by atoms with E-state index in [-0.39, 0.29) is 0 Å². The van der Waals surface area contributed by atoms with E-state index in [9.17, 15) is 0 Å². The largest absolute Gasteiger partial charge is 0.490 e. The zero-order valence-corrected chi connectivity index (χ0v) is 24.0. The summed E-state index contributed by atoms with van der Waals surface area (Å²) in [5, 5.41) is 1.67. The van der Waals surface area contributed by atoms with Crippen LogP contribution in [0.15, 0.2) is 12.1 Å². The number of hydrogen-bond acceptors (Lipinski definition) is 2. The topological polar surface area (TPSA) is 18.5 Å². The summed E-state index contributed by atoms with van der Waals surface area (Å²) in [5.74, 6) is 1.82. The molecule has 0 radical (unpaired) electrons. The first kappa shape index (κ1) is 29.8. The fraction of sp³-hybridized carbons (Fsp3) is 0.786. The van der Waals surface area contributed by atoms with Crippen LogP contribution in [0.25, 0.3) is 0 Å². The molecule has 1 aromatic rings. The van der Waals surface area contributed by atoms with Gasteiger partial charge in [0.05, 0.1) is 13.2 Å². The van der Waals surface area contributed by atoms with Crippen LogP contribution in [0, 0.1) is 0 Å². The van der Waals surface area contributed by atoms with Crippen molar-refractivity contribution < 1.29 is 9.47 Å². The molecule has 0 N–H and O–H groups in total. The number of benzene rings is 1. The normalized spacial score (nSPS) is 11.1. The molecule has 0 atom stereocenters. The molecule has 0 saturated heterocycles. The second-order valence-corrected chi connectivity index (χ2v) is 10.1. The fourth-order valence-electron chi connectivity index (χ4n) is 3.95. The van der Waals surface area contributed by atoms with Crippen molar-refractivity contribution in [1.82, 2.24) is 0 Å². The van der Waals surface area contributed by atoms with Gasteiger partial charge in [-0.2, -0.15) is 0 Å². The first-order valence-electron chi connectivity index (χ1n) is 13.3. The van der Waals surface area contributed by atoms with Gasteiger partial charge in [0.25, 0.3) is 0 Å². The van der Waals surface area contributed by atoms with E-state index in [0.29, 0.717) is 0 Å². The molecule has 0 aliphatic rings. The number of alkyl halides is 2.